The van der Waals surface area contributed by atoms with Gasteiger partial charge in [0.05, 0.1) is 0 Å². The highest BCUT2D eigenvalue weighted by Crippen LogP contribution is 2.28. The van der Waals surface area contributed by atoms with Gasteiger partial charge < -0.3 is 5.73 Å². The van der Waals surface area contributed by atoms with Gasteiger partial charge in [0, 0.05) is 17.5 Å². The van der Waals surface area contributed by atoms with Gasteiger partial charge in [0.25, 0.3) is 0 Å². The molecule has 2 N–H and O–H groups in total. The largest absolute Gasteiger partial charge is 0.325 e. The summed E-state index contributed by atoms with van der Waals surface area (Å²) < 4.78 is 0. The van der Waals surface area contributed by atoms with Gasteiger partial charge >= 0.3 is 0 Å². The Hall–Kier alpha value is -1.15. The van der Waals surface area contributed by atoms with Crippen LogP contribution in [0.4, 0.5) is 0 Å². The average Bonchev–Trinajstić information content (AvgIpc) is 2.11. The smallest absolute Gasteiger partial charge is 0.165 e. The Bertz CT molecular complexity index is 464. The zero-order valence-corrected chi connectivity index (χ0v) is 13.3. The molecule has 1 rings (SSSR count). The molecule has 0 unspecified atom stereocenters. The van der Waals surface area contributed by atoms with Crippen molar-refractivity contribution in [3.8, 4) is 0 Å². The number of nitrogens with two attached hydrogens (primary N) is 1. The lowest BCUT2D eigenvalue weighted by atomic mass is 9.82. The van der Waals surface area contributed by atoms with Crippen LogP contribution in [0, 0.1) is 13.8 Å². The predicted molar refractivity (Wildman–Crippen MR) is 81.8 cm³/mol. The fourth-order valence-corrected chi connectivity index (χ4v) is 2.34. The maximum absolute atomic E-state index is 12.4. The summed E-state index contributed by atoms with van der Waals surface area (Å²) in [5.74, 6) is 0.142. The summed E-state index contributed by atoms with van der Waals surface area (Å²) in [5.41, 5.74) is 9.81. The molecule has 2 heteroatoms. The van der Waals surface area contributed by atoms with E-state index in [1.165, 1.54) is 5.56 Å². The molecule has 2 nitrogen and oxygen atoms in total. The first-order valence-corrected chi connectivity index (χ1v) is 6.85. The lowest BCUT2D eigenvalue weighted by molar-refractivity contribution is 0.0959. The summed E-state index contributed by atoms with van der Waals surface area (Å²) in [6, 6.07) is 4.26. The third kappa shape index (κ3) is 4.17. The Morgan fingerprint density at radius 1 is 1.05 bits per heavy atom. The highest BCUT2D eigenvalue weighted by Gasteiger charge is 2.22. The Labute approximate surface area is 117 Å². The van der Waals surface area contributed by atoms with Gasteiger partial charge in [-0.05, 0) is 49.8 Å². The molecule has 0 aliphatic carbocycles. The third-order valence-corrected chi connectivity index (χ3v) is 3.29. The Morgan fingerprint density at radius 2 is 1.47 bits per heavy atom. The number of rotatable bonds is 3. The molecule has 0 fully saturated rings. The van der Waals surface area contributed by atoms with E-state index in [9.17, 15) is 4.79 Å². The first-order valence-electron chi connectivity index (χ1n) is 6.85. The second-order valence-corrected chi connectivity index (χ2v) is 7.32. The molecule has 0 spiro atoms. The third-order valence-electron chi connectivity index (χ3n) is 3.29. The second kappa shape index (κ2) is 5.09. The van der Waals surface area contributed by atoms with Crippen LogP contribution in [-0.4, -0.2) is 11.3 Å². The van der Waals surface area contributed by atoms with E-state index in [-0.39, 0.29) is 11.2 Å². The van der Waals surface area contributed by atoms with E-state index in [2.05, 4.69) is 32.9 Å². The number of hydrogen-bond donors (Lipinski definition) is 1. The lowest BCUT2D eigenvalue weighted by Crippen LogP contribution is -2.35. The van der Waals surface area contributed by atoms with E-state index in [4.69, 9.17) is 5.73 Å². The molecule has 19 heavy (non-hydrogen) atoms. The van der Waals surface area contributed by atoms with E-state index < -0.39 is 5.54 Å². The van der Waals surface area contributed by atoms with Crippen molar-refractivity contribution in [2.45, 2.75) is 65.8 Å². The minimum Gasteiger partial charge on any atom is -0.325 e. The predicted octanol–water partition coefficient (Wildman–Crippen LogP) is 3.91. The van der Waals surface area contributed by atoms with Crippen molar-refractivity contribution in [2.24, 2.45) is 5.73 Å². The second-order valence-electron chi connectivity index (χ2n) is 7.32. The van der Waals surface area contributed by atoms with Crippen LogP contribution >= 0.6 is 0 Å². The van der Waals surface area contributed by atoms with Crippen LogP contribution in [0.1, 0.15) is 68.1 Å². The molecule has 0 aliphatic heterocycles. The molecular weight excluding hydrogens is 234 g/mol. The van der Waals surface area contributed by atoms with E-state index in [0.717, 1.165) is 16.7 Å². The summed E-state index contributed by atoms with van der Waals surface area (Å²) in [7, 11) is 0. The van der Waals surface area contributed by atoms with E-state index in [1.54, 1.807) is 0 Å². The molecule has 0 heterocycles. The summed E-state index contributed by atoms with van der Waals surface area (Å²) >= 11 is 0. The van der Waals surface area contributed by atoms with Crippen LogP contribution in [0.25, 0.3) is 0 Å². The van der Waals surface area contributed by atoms with Crippen LogP contribution in [-0.2, 0) is 5.41 Å². The fourth-order valence-electron chi connectivity index (χ4n) is 2.34. The van der Waals surface area contributed by atoms with Crippen molar-refractivity contribution in [1.82, 2.24) is 0 Å². The topological polar surface area (TPSA) is 43.1 Å². The minimum atomic E-state index is -0.460. The summed E-state index contributed by atoms with van der Waals surface area (Å²) in [6.45, 7) is 14.4. The molecule has 0 saturated carbocycles. The lowest BCUT2D eigenvalue weighted by Gasteiger charge is -2.23. The monoisotopic (exact) mass is 261 g/mol. The Balaban J connectivity index is 3.22. The molecule has 0 saturated heterocycles. The molecule has 0 aliphatic rings. The number of hydrogen-bond acceptors (Lipinski definition) is 2. The highest BCUT2D eigenvalue weighted by molar-refractivity contribution is 5.99. The molecule has 0 atom stereocenters. The standard InChI is InChI=1S/C17H27NO/c1-11-8-13(16(3,4)5)9-12(2)15(11)14(19)10-17(6,7)18/h8-9H,10,18H2,1-7H3. The molecule has 0 aromatic heterocycles. The highest BCUT2D eigenvalue weighted by atomic mass is 16.1. The Morgan fingerprint density at radius 3 is 1.79 bits per heavy atom. The maximum atomic E-state index is 12.4. The number of benzene rings is 1. The molecule has 0 radical (unpaired) electrons. The van der Waals surface area contributed by atoms with Gasteiger partial charge in [-0.2, -0.15) is 0 Å². The van der Waals surface area contributed by atoms with Crippen molar-refractivity contribution in [3.63, 3.8) is 0 Å². The average molecular weight is 261 g/mol. The van der Waals surface area contributed by atoms with Crippen LogP contribution in [0.2, 0.25) is 0 Å². The van der Waals surface area contributed by atoms with E-state index >= 15 is 0 Å². The van der Waals surface area contributed by atoms with Gasteiger partial charge in [0.2, 0.25) is 0 Å². The van der Waals surface area contributed by atoms with Crippen molar-refractivity contribution in [1.29, 1.82) is 0 Å². The van der Waals surface area contributed by atoms with Crippen molar-refractivity contribution >= 4 is 5.78 Å². The SMILES string of the molecule is Cc1cc(C(C)(C)C)cc(C)c1C(=O)CC(C)(C)N. The molecular formula is C17H27NO. The molecule has 1 aromatic rings. The molecule has 0 bridgehead atoms. The Kier molecular flexibility index (Phi) is 4.26. The quantitative estimate of drug-likeness (QED) is 0.838. The number of ketones is 1. The van der Waals surface area contributed by atoms with Gasteiger partial charge in [-0.3, -0.25) is 4.79 Å². The zero-order chi connectivity index (χ0) is 15.0. The van der Waals surface area contributed by atoms with Gasteiger partial charge in [-0.1, -0.05) is 32.9 Å². The minimum absolute atomic E-state index is 0.101. The first-order chi connectivity index (χ1) is 8.42. The number of carbonyl (C=O) groups excluding carboxylic acids is 1. The van der Waals surface area contributed by atoms with Gasteiger partial charge in [-0.15, -0.1) is 0 Å². The fraction of sp³-hybridized carbons (Fsp3) is 0.588. The van der Waals surface area contributed by atoms with Crippen molar-refractivity contribution in [2.75, 3.05) is 0 Å². The van der Waals surface area contributed by atoms with Crippen molar-refractivity contribution in [3.05, 3.63) is 34.4 Å². The van der Waals surface area contributed by atoms with Gasteiger partial charge in [-0.25, -0.2) is 0 Å². The number of Topliss-reactive ketones (excluding diaryl/α,β-unsaturated/α-hetero) is 1. The molecule has 1 aromatic carbocycles. The van der Waals surface area contributed by atoms with Gasteiger partial charge in [0.1, 0.15) is 0 Å². The van der Waals surface area contributed by atoms with Crippen LogP contribution in [0.5, 0.6) is 0 Å². The first kappa shape index (κ1) is 15.9. The molecule has 0 amide bonds. The summed E-state index contributed by atoms with van der Waals surface area (Å²) in [4.78, 5) is 12.4. The van der Waals surface area contributed by atoms with Gasteiger partial charge in [0.15, 0.2) is 5.78 Å². The van der Waals surface area contributed by atoms with Crippen LogP contribution in [0.15, 0.2) is 12.1 Å². The van der Waals surface area contributed by atoms with Crippen LogP contribution < -0.4 is 5.73 Å². The maximum Gasteiger partial charge on any atom is 0.165 e. The number of aryl methyl sites for hydroxylation is 2. The number of carbonyl (C=O) groups is 1. The van der Waals surface area contributed by atoms with E-state index in [0.29, 0.717) is 6.42 Å². The van der Waals surface area contributed by atoms with E-state index in [1.807, 2.05) is 27.7 Å². The van der Waals surface area contributed by atoms with Crippen LogP contribution in [0.3, 0.4) is 0 Å². The normalized spacial score (nSPS) is 12.6. The zero-order valence-electron chi connectivity index (χ0n) is 13.3. The van der Waals surface area contributed by atoms with Crippen molar-refractivity contribution < 1.29 is 4.79 Å². The molecule has 106 valence electrons. The summed E-state index contributed by atoms with van der Waals surface area (Å²) in [5, 5.41) is 0. The summed E-state index contributed by atoms with van der Waals surface area (Å²) in [6.07, 6.45) is 0.379.